The molecule has 1 aliphatic rings. The maximum Gasteiger partial charge on any atom is 0.256 e. The van der Waals surface area contributed by atoms with Crippen LogP contribution in [0.5, 0.6) is 0 Å². The zero-order chi connectivity index (χ0) is 16.7. The highest BCUT2D eigenvalue weighted by molar-refractivity contribution is 7.89. The molecule has 120 valence electrons. The molecular formula is C16H22N2O3S. The van der Waals surface area contributed by atoms with E-state index in [1.165, 1.54) is 6.07 Å². The minimum absolute atomic E-state index is 0.169. The Labute approximate surface area is 131 Å². The van der Waals surface area contributed by atoms with E-state index in [4.69, 9.17) is 0 Å². The molecule has 0 saturated heterocycles. The zero-order valence-electron chi connectivity index (χ0n) is 13.6. The summed E-state index contributed by atoms with van der Waals surface area (Å²) in [5, 5.41) is 2.75. The number of anilines is 1. The number of nitrogens with one attached hydrogen (secondary N) is 2. The third-order valence-electron chi connectivity index (χ3n) is 3.84. The van der Waals surface area contributed by atoms with Crippen molar-refractivity contribution in [1.29, 1.82) is 0 Å². The number of rotatable bonds is 4. The third-order valence-corrected chi connectivity index (χ3v) is 5.54. The molecule has 0 bridgehead atoms. The van der Waals surface area contributed by atoms with Crippen molar-refractivity contribution >= 4 is 27.2 Å². The van der Waals surface area contributed by atoms with E-state index in [1.54, 1.807) is 12.1 Å². The summed E-state index contributed by atoms with van der Waals surface area (Å²) >= 11 is 0. The molecule has 5 nitrogen and oxygen atoms in total. The van der Waals surface area contributed by atoms with Gasteiger partial charge in [0, 0.05) is 22.4 Å². The topological polar surface area (TPSA) is 75.3 Å². The highest BCUT2D eigenvalue weighted by Crippen LogP contribution is 2.35. The van der Waals surface area contributed by atoms with E-state index < -0.39 is 15.6 Å². The molecule has 22 heavy (non-hydrogen) atoms. The van der Waals surface area contributed by atoms with E-state index in [0.717, 1.165) is 5.57 Å². The Morgan fingerprint density at radius 1 is 1.27 bits per heavy atom. The van der Waals surface area contributed by atoms with Gasteiger partial charge in [0.15, 0.2) is 0 Å². The van der Waals surface area contributed by atoms with E-state index in [1.807, 2.05) is 34.6 Å². The second-order valence-electron chi connectivity index (χ2n) is 6.38. The first-order valence-corrected chi connectivity index (χ1v) is 8.73. The van der Waals surface area contributed by atoms with Gasteiger partial charge in [-0.15, -0.1) is 0 Å². The van der Waals surface area contributed by atoms with E-state index in [-0.39, 0.29) is 10.8 Å². The van der Waals surface area contributed by atoms with Crippen LogP contribution in [0.25, 0.3) is 5.57 Å². The van der Waals surface area contributed by atoms with Crippen LogP contribution in [-0.4, -0.2) is 19.9 Å². The summed E-state index contributed by atoms with van der Waals surface area (Å²) in [6, 6.07) is 4.71. The van der Waals surface area contributed by atoms with Crippen LogP contribution in [0, 0.1) is 0 Å². The van der Waals surface area contributed by atoms with Gasteiger partial charge < -0.3 is 5.32 Å². The van der Waals surface area contributed by atoms with Crippen LogP contribution >= 0.6 is 0 Å². The van der Waals surface area contributed by atoms with E-state index in [0.29, 0.717) is 23.2 Å². The minimum atomic E-state index is -3.63. The molecule has 0 fully saturated rings. The van der Waals surface area contributed by atoms with Crippen molar-refractivity contribution in [3.8, 4) is 0 Å². The maximum atomic E-state index is 12.5. The summed E-state index contributed by atoms with van der Waals surface area (Å²) in [5.41, 5.74) is 2.16. The number of amides is 1. The second-order valence-corrected chi connectivity index (χ2v) is 8.06. The first-order valence-electron chi connectivity index (χ1n) is 7.24. The van der Waals surface area contributed by atoms with Crippen LogP contribution in [0.1, 0.15) is 46.6 Å². The minimum Gasteiger partial charge on any atom is -0.321 e. The molecule has 0 aliphatic carbocycles. The molecular weight excluding hydrogens is 300 g/mol. The second kappa shape index (κ2) is 5.52. The van der Waals surface area contributed by atoms with Gasteiger partial charge in [0.25, 0.3) is 5.91 Å². The number of sulfonamides is 1. The fourth-order valence-corrected chi connectivity index (χ4v) is 3.81. The lowest BCUT2D eigenvalue weighted by Gasteiger charge is -2.24. The fourth-order valence-electron chi connectivity index (χ4n) is 2.30. The van der Waals surface area contributed by atoms with Crippen LogP contribution in [-0.2, 0) is 14.8 Å². The quantitative estimate of drug-likeness (QED) is 0.837. The lowest BCUT2D eigenvalue weighted by Crippen LogP contribution is -2.42. The molecule has 1 aliphatic heterocycles. The van der Waals surface area contributed by atoms with Gasteiger partial charge >= 0.3 is 0 Å². The first-order chi connectivity index (χ1) is 10.1. The summed E-state index contributed by atoms with van der Waals surface area (Å²) in [4.78, 5) is 12.1. The van der Waals surface area contributed by atoms with Crippen LogP contribution < -0.4 is 10.0 Å². The summed E-state index contributed by atoms with van der Waals surface area (Å²) < 4.78 is 27.8. The number of fused-ring (bicyclic) bond motifs is 1. The Kier molecular flexibility index (Phi) is 4.19. The first kappa shape index (κ1) is 16.7. The average molecular weight is 322 g/mol. The number of hydrogen-bond acceptors (Lipinski definition) is 3. The van der Waals surface area contributed by atoms with Gasteiger partial charge in [0.1, 0.15) is 0 Å². The Morgan fingerprint density at radius 2 is 1.91 bits per heavy atom. The van der Waals surface area contributed by atoms with Gasteiger partial charge in [-0.25, -0.2) is 13.1 Å². The molecule has 0 spiro atoms. The molecule has 0 unspecified atom stereocenters. The van der Waals surface area contributed by atoms with Gasteiger partial charge in [-0.3, -0.25) is 4.79 Å². The van der Waals surface area contributed by atoms with Crippen molar-refractivity contribution in [3.05, 3.63) is 29.3 Å². The Balaban J connectivity index is 2.50. The smallest absolute Gasteiger partial charge is 0.256 e. The van der Waals surface area contributed by atoms with Crippen LogP contribution in [0.4, 0.5) is 5.69 Å². The monoisotopic (exact) mass is 322 g/mol. The van der Waals surface area contributed by atoms with Crippen molar-refractivity contribution in [2.75, 3.05) is 5.32 Å². The number of carbonyl (C=O) groups is 1. The summed E-state index contributed by atoms with van der Waals surface area (Å²) in [6.07, 6.45) is 0.677. The molecule has 1 aromatic carbocycles. The van der Waals surface area contributed by atoms with Crippen molar-refractivity contribution in [2.24, 2.45) is 0 Å². The SMILES string of the molecule is CCC(C)(C)NS(=O)(=O)c1ccc2c(c1)C(=C(C)C)C(=O)N2. The van der Waals surface area contributed by atoms with Gasteiger partial charge in [-0.2, -0.15) is 0 Å². The molecule has 2 N–H and O–H groups in total. The highest BCUT2D eigenvalue weighted by atomic mass is 32.2. The van der Waals surface area contributed by atoms with Crippen molar-refractivity contribution in [3.63, 3.8) is 0 Å². The average Bonchev–Trinajstić information content (AvgIpc) is 2.72. The third kappa shape index (κ3) is 3.08. The van der Waals surface area contributed by atoms with E-state index in [2.05, 4.69) is 10.0 Å². The number of hydrogen-bond donors (Lipinski definition) is 2. The Morgan fingerprint density at radius 3 is 2.45 bits per heavy atom. The summed E-state index contributed by atoms with van der Waals surface area (Å²) in [7, 11) is -3.63. The summed E-state index contributed by atoms with van der Waals surface area (Å²) in [6.45, 7) is 9.28. The molecule has 1 aromatic rings. The Hall–Kier alpha value is -1.66. The van der Waals surface area contributed by atoms with E-state index >= 15 is 0 Å². The predicted octanol–water partition coefficient (Wildman–Crippen LogP) is 2.90. The molecule has 0 radical (unpaired) electrons. The van der Waals surface area contributed by atoms with Gasteiger partial charge in [-0.05, 0) is 52.3 Å². The van der Waals surface area contributed by atoms with E-state index in [9.17, 15) is 13.2 Å². The maximum absolute atomic E-state index is 12.5. The molecule has 0 atom stereocenters. The van der Waals surface area contributed by atoms with Crippen LogP contribution in [0.2, 0.25) is 0 Å². The number of allylic oxidation sites excluding steroid dienone is 1. The van der Waals surface area contributed by atoms with Gasteiger partial charge in [-0.1, -0.05) is 12.5 Å². The largest absolute Gasteiger partial charge is 0.321 e. The van der Waals surface area contributed by atoms with Crippen LogP contribution in [0.3, 0.4) is 0 Å². The van der Waals surface area contributed by atoms with Crippen molar-refractivity contribution < 1.29 is 13.2 Å². The molecule has 2 rings (SSSR count). The Bertz CT molecular complexity index is 758. The van der Waals surface area contributed by atoms with Crippen molar-refractivity contribution in [2.45, 2.75) is 51.5 Å². The zero-order valence-corrected chi connectivity index (χ0v) is 14.4. The highest BCUT2D eigenvalue weighted by Gasteiger charge is 2.29. The molecule has 1 heterocycles. The molecule has 6 heteroatoms. The van der Waals surface area contributed by atoms with Gasteiger partial charge in [0.2, 0.25) is 10.0 Å². The summed E-state index contributed by atoms with van der Waals surface area (Å²) in [5.74, 6) is -0.189. The molecule has 1 amide bonds. The predicted molar refractivity (Wildman–Crippen MR) is 88.0 cm³/mol. The fraction of sp³-hybridized carbons (Fsp3) is 0.438. The lowest BCUT2D eigenvalue weighted by molar-refractivity contribution is -0.110. The number of benzene rings is 1. The molecule has 0 saturated carbocycles. The number of carbonyl (C=O) groups excluding carboxylic acids is 1. The van der Waals surface area contributed by atoms with Crippen LogP contribution in [0.15, 0.2) is 28.7 Å². The molecule has 0 aromatic heterocycles. The lowest BCUT2D eigenvalue weighted by atomic mass is 10.0. The normalized spacial score (nSPS) is 14.8. The van der Waals surface area contributed by atoms with Crippen molar-refractivity contribution in [1.82, 2.24) is 4.72 Å². The standard InChI is InChI=1S/C16H22N2O3S/c1-6-16(4,5)18-22(20,21)11-7-8-13-12(9-11)14(10(2)3)15(19)17-13/h7-9,18H,6H2,1-5H3,(H,17,19). The van der Waals surface area contributed by atoms with Gasteiger partial charge in [0.05, 0.1) is 4.90 Å².